The number of aromatic nitrogens is 1. The highest BCUT2D eigenvalue weighted by molar-refractivity contribution is 5.84. The van der Waals surface area contributed by atoms with Crippen molar-refractivity contribution in [3.8, 4) is 33.6 Å². The molecular weight excluding hydrogens is 508 g/mol. The van der Waals surface area contributed by atoms with Crippen molar-refractivity contribution in [2.75, 3.05) is 4.90 Å². The van der Waals surface area contributed by atoms with Gasteiger partial charge in [0.05, 0.1) is 16.9 Å². The maximum Gasteiger partial charge on any atom is 0.0709 e. The van der Waals surface area contributed by atoms with Gasteiger partial charge in [0.25, 0.3) is 0 Å². The van der Waals surface area contributed by atoms with Gasteiger partial charge < -0.3 is 4.90 Å². The molecule has 2 unspecified atom stereocenters. The second-order valence-electron chi connectivity index (χ2n) is 13.6. The van der Waals surface area contributed by atoms with Crippen LogP contribution in [0.25, 0.3) is 33.6 Å². The molecule has 4 aromatic carbocycles. The van der Waals surface area contributed by atoms with E-state index in [-0.39, 0.29) is 16.4 Å². The predicted molar refractivity (Wildman–Crippen MR) is 175 cm³/mol. The lowest BCUT2D eigenvalue weighted by Gasteiger charge is -2.50. The molecule has 2 atom stereocenters. The summed E-state index contributed by atoms with van der Waals surface area (Å²) in [6, 6.07) is 40.3. The van der Waals surface area contributed by atoms with Gasteiger partial charge in [-0.05, 0) is 90.0 Å². The number of hydrogen-bond acceptors (Lipinski definition) is 2. The number of anilines is 2. The molecule has 8 rings (SSSR count). The Morgan fingerprint density at radius 3 is 2.00 bits per heavy atom. The minimum absolute atomic E-state index is 0.0216. The van der Waals surface area contributed by atoms with Crippen LogP contribution in [-0.2, 0) is 10.8 Å². The Labute approximate surface area is 250 Å². The molecule has 1 aromatic heterocycles. The van der Waals surface area contributed by atoms with E-state index in [0.29, 0.717) is 0 Å². The summed E-state index contributed by atoms with van der Waals surface area (Å²) in [7, 11) is 0. The number of para-hydroxylation sites is 1. The van der Waals surface area contributed by atoms with Gasteiger partial charge >= 0.3 is 0 Å². The third-order valence-electron chi connectivity index (χ3n) is 11.0. The molecule has 0 spiro atoms. The molecule has 0 amide bonds. The van der Waals surface area contributed by atoms with E-state index in [0.717, 1.165) is 11.4 Å². The Balaban J connectivity index is 1.21. The number of pyridine rings is 1. The Morgan fingerprint density at radius 2 is 1.21 bits per heavy atom. The summed E-state index contributed by atoms with van der Waals surface area (Å²) in [5, 5.41) is 0. The first-order chi connectivity index (χ1) is 20.3. The Bertz CT molecular complexity index is 1850. The molecule has 0 N–H and O–H groups in total. The Hall–Kier alpha value is -4.17. The largest absolute Gasteiger partial charge is 0.334 e. The van der Waals surface area contributed by atoms with Crippen molar-refractivity contribution in [3.63, 3.8) is 0 Å². The van der Waals surface area contributed by atoms with Crippen LogP contribution in [0.15, 0.2) is 109 Å². The molecule has 0 radical (unpaired) electrons. The van der Waals surface area contributed by atoms with Crippen LogP contribution in [0, 0.1) is 0 Å². The van der Waals surface area contributed by atoms with Crippen LogP contribution in [0.3, 0.4) is 0 Å². The normalized spacial score (nSPS) is 23.2. The number of nitrogens with zero attached hydrogens (tertiary/aromatic N) is 2. The van der Waals surface area contributed by atoms with E-state index in [4.69, 9.17) is 4.98 Å². The van der Waals surface area contributed by atoms with Gasteiger partial charge in [-0.1, -0.05) is 100 Å². The third-order valence-corrected chi connectivity index (χ3v) is 11.0. The van der Waals surface area contributed by atoms with Crippen LogP contribution >= 0.6 is 0 Å². The van der Waals surface area contributed by atoms with Crippen LogP contribution in [0.4, 0.5) is 11.4 Å². The second-order valence-corrected chi connectivity index (χ2v) is 13.6. The quantitative estimate of drug-likeness (QED) is 0.224. The van der Waals surface area contributed by atoms with Crippen LogP contribution in [0.5, 0.6) is 0 Å². The fourth-order valence-electron chi connectivity index (χ4n) is 8.50. The van der Waals surface area contributed by atoms with Gasteiger partial charge in [-0.3, -0.25) is 0 Å². The Kier molecular flexibility index (Phi) is 5.42. The SMILES string of the molecule is CC1(C)c2ccccc2-c2ccc(-c3cccc(-c4ccc5c(c4)C4(C)CCCCC4(C)N5c4ccccc4)n3)cc21. The molecule has 1 saturated carbocycles. The number of hydrogen-bond donors (Lipinski definition) is 0. The molecule has 2 heteroatoms. The smallest absolute Gasteiger partial charge is 0.0709 e. The summed E-state index contributed by atoms with van der Waals surface area (Å²) in [5.41, 5.74) is 14.2. The first-order valence-corrected chi connectivity index (χ1v) is 15.5. The lowest BCUT2D eigenvalue weighted by Crippen LogP contribution is -2.54. The van der Waals surface area contributed by atoms with E-state index < -0.39 is 0 Å². The average molecular weight is 547 g/mol. The minimum atomic E-state index is -0.0216. The molecule has 42 heavy (non-hydrogen) atoms. The summed E-state index contributed by atoms with van der Waals surface area (Å²) in [4.78, 5) is 7.91. The fraction of sp³-hybridized carbons (Fsp3) is 0.275. The lowest BCUT2D eigenvalue weighted by molar-refractivity contribution is 0.195. The molecule has 2 heterocycles. The van der Waals surface area contributed by atoms with Crippen molar-refractivity contribution in [1.29, 1.82) is 0 Å². The molecule has 2 nitrogen and oxygen atoms in total. The van der Waals surface area contributed by atoms with E-state index in [2.05, 4.69) is 142 Å². The van der Waals surface area contributed by atoms with E-state index in [1.165, 1.54) is 76.0 Å². The van der Waals surface area contributed by atoms with Crippen molar-refractivity contribution in [1.82, 2.24) is 4.98 Å². The van der Waals surface area contributed by atoms with E-state index in [9.17, 15) is 0 Å². The maximum absolute atomic E-state index is 5.27. The molecule has 2 aliphatic carbocycles. The molecule has 0 bridgehead atoms. The summed E-state index contributed by atoms with van der Waals surface area (Å²) in [6.07, 6.45) is 4.98. The molecule has 208 valence electrons. The van der Waals surface area contributed by atoms with Crippen molar-refractivity contribution < 1.29 is 0 Å². The third kappa shape index (κ3) is 3.41. The van der Waals surface area contributed by atoms with Gasteiger partial charge in [0, 0.05) is 33.3 Å². The zero-order valence-electron chi connectivity index (χ0n) is 25.1. The zero-order valence-corrected chi connectivity index (χ0v) is 25.1. The average Bonchev–Trinajstić information content (AvgIpc) is 3.38. The number of benzene rings is 4. The number of fused-ring (bicyclic) bond motifs is 6. The number of rotatable bonds is 3. The van der Waals surface area contributed by atoms with Gasteiger partial charge in [0.2, 0.25) is 0 Å². The molecule has 0 saturated heterocycles. The summed E-state index contributed by atoms with van der Waals surface area (Å²) >= 11 is 0. The molecule has 5 aromatic rings. The van der Waals surface area contributed by atoms with Crippen LogP contribution < -0.4 is 4.90 Å². The minimum Gasteiger partial charge on any atom is -0.334 e. The zero-order chi connectivity index (χ0) is 28.7. The van der Waals surface area contributed by atoms with Crippen molar-refractivity contribution in [2.45, 2.75) is 69.7 Å². The Morgan fingerprint density at radius 1 is 0.571 bits per heavy atom. The highest BCUT2D eigenvalue weighted by atomic mass is 15.3. The second kappa shape index (κ2) is 8.91. The standard InChI is InChI=1S/C40H38N2/c1-38(2)32-16-9-8-15-30(32)31-21-19-27(25-33(31)38)35-17-12-18-36(41-35)28-20-22-37-34(26-28)39(3)23-10-11-24-40(39,4)42(37)29-13-6-5-7-14-29/h5-9,12-22,25-26H,10-11,23-24H2,1-4H3. The van der Waals surface area contributed by atoms with Crippen LogP contribution in [0.2, 0.25) is 0 Å². The summed E-state index contributed by atoms with van der Waals surface area (Å²) in [6.45, 7) is 9.68. The van der Waals surface area contributed by atoms with Crippen molar-refractivity contribution in [2.24, 2.45) is 0 Å². The highest BCUT2D eigenvalue weighted by Crippen LogP contribution is 2.61. The van der Waals surface area contributed by atoms with Crippen molar-refractivity contribution in [3.05, 3.63) is 126 Å². The molecule has 3 aliphatic rings. The first-order valence-electron chi connectivity index (χ1n) is 15.5. The fourth-order valence-corrected chi connectivity index (χ4v) is 8.50. The van der Waals surface area contributed by atoms with Crippen LogP contribution in [-0.4, -0.2) is 10.5 Å². The monoisotopic (exact) mass is 546 g/mol. The predicted octanol–water partition coefficient (Wildman–Crippen LogP) is 10.5. The summed E-state index contributed by atoms with van der Waals surface area (Å²) < 4.78 is 0. The molecular formula is C40H38N2. The van der Waals surface area contributed by atoms with Gasteiger partial charge in [0.15, 0.2) is 0 Å². The summed E-state index contributed by atoms with van der Waals surface area (Å²) in [5.74, 6) is 0. The highest BCUT2D eigenvalue weighted by Gasteiger charge is 2.57. The van der Waals surface area contributed by atoms with Gasteiger partial charge in [0.1, 0.15) is 0 Å². The van der Waals surface area contributed by atoms with Crippen LogP contribution in [0.1, 0.15) is 70.1 Å². The topological polar surface area (TPSA) is 16.1 Å². The molecule has 1 aliphatic heterocycles. The maximum atomic E-state index is 5.27. The van der Waals surface area contributed by atoms with Crippen molar-refractivity contribution >= 4 is 11.4 Å². The van der Waals surface area contributed by atoms with Gasteiger partial charge in [-0.25, -0.2) is 4.98 Å². The lowest BCUT2D eigenvalue weighted by atomic mass is 9.61. The van der Waals surface area contributed by atoms with E-state index in [1.807, 2.05) is 0 Å². The first kappa shape index (κ1) is 25.5. The van der Waals surface area contributed by atoms with E-state index >= 15 is 0 Å². The van der Waals surface area contributed by atoms with E-state index in [1.54, 1.807) is 0 Å². The van der Waals surface area contributed by atoms with Gasteiger partial charge in [-0.15, -0.1) is 0 Å². The molecule has 1 fully saturated rings. The van der Waals surface area contributed by atoms with Gasteiger partial charge in [-0.2, -0.15) is 0 Å².